The van der Waals surface area contributed by atoms with Crippen molar-refractivity contribution in [2.24, 2.45) is 5.41 Å². The second kappa shape index (κ2) is 5.77. The second-order valence-corrected chi connectivity index (χ2v) is 6.39. The van der Waals surface area contributed by atoms with Crippen LogP contribution < -0.4 is 5.32 Å². The Kier molecular flexibility index (Phi) is 4.79. The molecule has 0 aromatic heterocycles. The van der Waals surface area contributed by atoms with E-state index >= 15 is 0 Å². The van der Waals surface area contributed by atoms with Crippen LogP contribution in [0.15, 0.2) is 0 Å². The van der Waals surface area contributed by atoms with Crippen molar-refractivity contribution in [2.45, 2.75) is 39.8 Å². The van der Waals surface area contributed by atoms with E-state index in [-0.39, 0.29) is 12.1 Å². The number of piperazine rings is 1. The van der Waals surface area contributed by atoms with E-state index < -0.39 is 17.4 Å². The van der Waals surface area contributed by atoms with Gasteiger partial charge in [0.05, 0.1) is 0 Å². The van der Waals surface area contributed by atoms with Crippen LogP contribution >= 0.6 is 0 Å². The molecule has 2 amide bonds. The number of carboxylic acid groups (broad SMARTS) is 1. The summed E-state index contributed by atoms with van der Waals surface area (Å²) >= 11 is 0. The van der Waals surface area contributed by atoms with Crippen LogP contribution in [0.2, 0.25) is 0 Å². The van der Waals surface area contributed by atoms with Gasteiger partial charge in [-0.3, -0.25) is 0 Å². The summed E-state index contributed by atoms with van der Waals surface area (Å²) in [5.41, 5.74) is -0.517. The molecule has 0 aliphatic carbocycles. The molecule has 1 fully saturated rings. The Balaban J connectivity index is 2.70. The van der Waals surface area contributed by atoms with E-state index in [1.165, 1.54) is 0 Å². The zero-order valence-electron chi connectivity index (χ0n) is 12.4. The molecule has 0 radical (unpaired) electrons. The molecule has 1 aliphatic rings. The topological polar surface area (TPSA) is 72.9 Å². The van der Waals surface area contributed by atoms with Crippen molar-refractivity contribution in [2.75, 3.05) is 26.7 Å². The van der Waals surface area contributed by atoms with Crippen LogP contribution in [0.4, 0.5) is 4.79 Å². The number of amides is 2. The van der Waals surface area contributed by atoms with E-state index in [1.807, 2.05) is 14.0 Å². The number of hydrogen-bond donors (Lipinski definition) is 2. The highest BCUT2D eigenvalue weighted by atomic mass is 16.4. The lowest BCUT2D eigenvalue weighted by atomic mass is 9.87. The first-order chi connectivity index (χ1) is 8.62. The number of nitrogens with zero attached hydrogens (tertiary/aromatic N) is 2. The van der Waals surface area contributed by atoms with E-state index in [9.17, 15) is 14.7 Å². The average Bonchev–Trinajstić information content (AvgIpc) is 2.23. The Morgan fingerprint density at radius 2 is 1.89 bits per heavy atom. The fraction of sp³-hybridized carbons (Fsp3) is 0.846. The molecule has 19 heavy (non-hydrogen) atoms. The van der Waals surface area contributed by atoms with Crippen LogP contribution in [0.5, 0.6) is 0 Å². The number of aliphatic carboxylic acids is 1. The highest BCUT2D eigenvalue weighted by Crippen LogP contribution is 2.20. The average molecular weight is 271 g/mol. The monoisotopic (exact) mass is 271 g/mol. The van der Waals surface area contributed by atoms with Crippen LogP contribution in [0, 0.1) is 5.41 Å². The van der Waals surface area contributed by atoms with Crippen LogP contribution in [0.1, 0.15) is 27.7 Å². The summed E-state index contributed by atoms with van der Waals surface area (Å²) in [6.45, 7) is 9.63. The number of urea groups is 1. The van der Waals surface area contributed by atoms with E-state index in [1.54, 1.807) is 25.7 Å². The minimum atomic E-state index is -0.998. The summed E-state index contributed by atoms with van der Waals surface area (Å²) in [5.74, 6) is -0.998. The maximum Gasteiger partial charge on any atom is 0.326 e. The van der Waals surface area contributed by atoms with Crippen molar-refractivity contribution in [1.29, 1.82) is 0 Å². The third-order valence-electron chi connectivity index (χ3n) is 3.47. The first-order valence-electron chi connectivity index (χ1n) is 6.61. The molecule has 6 nitrogen and oxygen atoms in total. The van der Waals surface area contributed by atoms with E-state index in [0.717, 1.165) is 13.1 Å². The van der Waals surface area contributed by atoms with Gasteiger partial charge in [-0.25, -0.2) is 9.59 Å². The fourth-order valence-corrected chi connectivity index (χ4v) is 2.30. The smallest absolute Gasteiger partial charge is 0.326 e. The van der Waals surface area contributed by atoms with Gasteiger partial charge in [0.1, 0.15) is 6.04 Å². The number of hydrogen-bond acceptors (Lipinski definition) is 3. The highest BCUT2D eigenvalue weighted by Gasteiger charge is 2.35. The van der Waals surface area contributed by atoms with Gasteiger partial charge >= 0.3 is 12.0 Å². The summed E-state index contributed by atoms with van der Waals surface area (Å²) in [5, 5.41) is 11.9. The van der Waals surface area contributed by atoms with Gasteiger partial charge in [0.2, 0.25) is 0 Å². The third kappa shape index (κ3) is 4.09. The molecular weight excluding hydrogens is 246 g/mol. The lowest BCUT2D eigenvalue weighted by Gasteiger charge is -2.39. The van der Waals surface area contributed by atoms with Crippen LogP contribution in [-0.4, -0.2) is 65.7 Å². The SMILES string of the molecule is CC1CN(C)CCN1C(=O)N[C@H](C(=O)O)C(C)(C)C. The predicted molar refractivity (Wildman–Crippen MR) is 73.1 cm³/mol. The Morgan fingerprint density at radius 1 is 1.32 bits per heavy atom. The van der Waals surface area contributed by atoms with Gasteiger partial charge in [0, 0.05) is 25.7 Å². The van der Waals surface area contributed by atoms with Gasteiger partial charge in [-0.2, -0.15) is 0 Å². The van der Waals surface area contributed by atoms with Gasteiger partial charge in [0.25, 0.3) is 0 Å². The van der Waals surface area contributed by atoms with Crippen molar-refractivity contribution in [3.05, 3.63) is 0 Å². The number of rotatable bonds is 2. The zero-order valence-corrected chi connectivity index (χ0v) is 12.4. The zero-order chi connectivity index (χ0) is 14.8. The summed E-state index contributed by atoms with van der Waals surface area (Å²) in [7, 11) is 2.01. The number of carbonyl (C=O) groups is 2. The van der Waals surface area contributed by atoms with Gasteiger partial charge in [-0.1, -0.05) is 20.8 Å². The molecule has 0 aromatic rings. The van der Waals surface area contributed by atoms with Crippen molar-refractivity contribution in [1.82, 2.24) is 15.1 Å². The van der Waals surface area contributed by atoms with Crippen molar-refractivity contribution in [3.8, 4) is 0 Å². The molecule has 110 valence electrons. The second-order valence-electron chi connectivity index (χ2n) is 6.39. The molecular formula is C13H25N3O3. The highest BCUT2D eigenvalue weighted by molar-refractivity contribution is 5.83. The molecule has 0 spiro atoms. The normalized spacial score (nSPS) is 23.0. The molecule has 0 aromatic carbocycles. The first kappa shape index (κ1) is 15.8. The van der Waals surface area contributed by atoms with Crippen LogP contribution in [0.3, 0.4) is 0 Å². The largest absolute Gasteiger partial charge is 0.480 e. The van der Waals surface area contributed by atoms with E-state index in [0.29, 0.717) is 6.54 Å². The van der Waals surface area contributed by atoms with Gasteiger partial charge in [0.15, 0.2) is 0 Å². The van der Waals surface area contributed by atoms with Crippen molar-refractivity contribution in [3.63, 3.8) is 0 Å². The standard InChI is InChI=1S/C13H25N3O3/c1-9-8-15(5)6-7-16(9)12(19)14-10(11(17)18)13(2,3)4/h9-10H,6-8H2,1-5H3,(H,14,19)(H,17,18)/t9?,10-/m1/s1. The van der Waals surface area contributed by atoms with E-state index in [2.05, 4.69) is 10.2 Å². The molecule has 1 unspecified atom stereocenters. The van der Waals surface area contributed by atoms with Crippen LogP contribution in [0.25, 0.3) is 0 Å². The molecule has 1 rings (SSSR count). The summed E-state index contributed by atoms with van der Waals surface area (Å²) in [4.78, 5) is 27.3. The molecule has 0 saturated carbocycles. The third-order valence-corrected chi connectivity index (χ3v) is 3.47. The number of carboxylic acids is 1. The van der Waals surface area contributed by atoms with Gasteiger partial charge in [-0.15, -0.1) is 0 Å². The Hall–Kier alpha value is -1.30. The number of nitrogens with one attached hydrogen (secondary N) is 1. The number of carbonyl (C=O) groups excluding carboxylic acids is 1. The predicted octanol–water partition coefficient (Wildman–Crippen LogP) is 0.831. The molecule has 1 aliphatic heterocycles. The van der Waals surface area contributed by atoms with Crippen molar-refractivity contribution >= 4 is 12.0 Å². The summed E-state index contributed by atoms with van der Waals surface area (Å²) in [6.07, 6.45) is 0. The van der Waals surface area contributed by atoms with Crippen LogP contribution in [-0.2, 0) is 4.79 Å². The molecule has 2 atom stereocenters. The fourth-order valence-electron chi connectivity index (χ4n) is 2.30. The Morgan fingerprint density at radius 3 is 2.32 bits per heavy atom. The maximum absolute atomic E-state index is 12.2. The molecule has 2 N–H and O–H groups in total. The minimum Gasteiger partial charge on any atom is -0.480 e. The first-order valence-corrected chi connectivity index (χ1v) is 6.61. The van der Waals surface area contributed by atoms with Crippen molar-refractivity contribution < 1.29 is 14.7 Å². The molecule has 1 saturated heterocycles. The minimum absolute atomic E-state index is 0.0909. The molecule has 0 bridgehead atoms. The lowest BCUT2D eigenvalue weighted by molar-refractivity contribution is -0.142. The van der Waals surface area contributed by atoms with Gasteiger partial charge in [-0.05, 0) is 19.4 Å². The molecule has 6 heteroatoms. The molecule has 1 heterocycles. The Bertz CT molecular complexity index is 352. The summed E-state index contributed by atoms with van der Waals surface area (Å²) < 4.78 is 0. The maximum atomic E-state index is 12.2. The van der Waals surface area contributed by atoms with Gasteiger partial charge < -0.3 is 20.2 Å². The Labute approximate surface area is 114 Å². The quantitative estimate of drug-likeness (QED) is 0.780. The van der Waals surface area contributed by atoms with E-state index in [4.69, 9.17) is 0 Å². The number of likely N-dealkylation sites (N-methyl/N-ethyl adjacent to an activating group) is 1. The lowest BCUT2D eigenvalue weighted by Crippen LogP contribution is -2.59. The summed E-state index contributed by atoms with van der Waals surface area (Å²) in [6, 6.07) is -1.08.